The van der Waals surface area contributed by atoms with E-state index >= 15 is 0 Å². The lowest BCUT2D eigenvalue weighted by atomic mass is 9.97. The molecule has 0 radical (unpaired) electrons. The van der Waals surface area contributed by atoms with Crippen LogP contribution in [-0.2, 0) is 6.42 Å². The maximum absolute atomic E-state index is 3.77. The predicted molar refractivity (Wildman–Crippen MR) is 111 cm³/mol. The van der Waals surface area contributed by atoms with E-state index in [4.69, 9.17) is 0 Å². The lowest BCUT2D eigenvalue weighted by molar-refractivity contribution is 0.245. The monoisotopic (exact) mass is 351 g/mol. The molecule has 3 nitrogen and oxygen atoms in total. The van der Waals surface area contributed by atoms with Gasteiger partial charge in [0.2, 0.25) is 0 Å². The average molecular weight is 352 g/mol. The molecule has 0 saturated carbocycles. The van der Waals surface area contributed by atoms with Gasteiger partial charge in [-0.15, -0.1) is 0 Å². The van der Waals surface area contributed by atoms with Crippen LogP contribution in [0.5, 0.6) is 0 Å². The number of aromatic nitrogens is 1. The highest BCUT2D eigenvalue weighted by Gasteiger charge is 2.24. The third-order valence-electron chi connectivity index (χ3n) is 6.05. The van der Waals surface area contributed by atoms with Gasteiger partial charge in [-0.1, -0.05) is 30.4 Å². The van der Waals surface area contributed by atoms with Crippen LogP contribution in [0.4, 0.5) is 0 Å². The van der Waals surface area contributed by atoms with E-state index in [1.807, 2.05) is 0 Å². The molecule has 1 atom stereocenters. The Kier molecular flexibility index (Phi) is 6.08. The van der Waals surface area contributed by atoms with Crippen molar-refractivity contribution in [3.05, 3.63) is 47.7 Å². The molecule has 0 fully saturated rings. The van der Waals surface area contributed by atoms with Gasteiger partial charge in [-0.25, -0.2) is 0 Å². The van der Waals surface area contributed by atoms with Crippen LogP contribution in [0.1, 0.15) is 62.2 Å². The third-order valence-corrected chi connectivity index (χ3v) is 6.05. The zero-order valence-corrected chi connectivity index (χ0v) is 16.0. The highest BCUT2D eigenvalue weighted by molar-refractivity contribution is 5.85. The van der Waals surface area contributed by atoms with Crippen LogP contribution in [0.3, 0.4) is 0 Å². The Morgan fingerprint density at radius 3 is 2.54 bits per heavy atom. The molecule has 0 aliphatic carbocycles. The summed E-state index contributed by atoms with van der Waals surface area (Å²) in [6.07, 6.45) is 15.0. The molecule has 0 saturated heterocycles. The van der Waals surface area contributed by atoms with Gasteiger partial charge < -0.3 is 15.2 Å². The molecule has 4 rings (SSSR count). The van der Waals surface area contributed by atoms with Gasteiger partial charge >= 0.3 is 0 Å². The second kappa shape index (κ2) is 8.88. The summed E-state index contributed by atoms with van der Waals surface area (Å²) in [5.41, 5.74) is 4.29. The van der Waals surface area contributed by atoms with Crippen LogP contribution in [-0.4, -0.2) is 36.1 Å². The Balaban J connectivity index is 1.40. The van der Waals surface area contributed by atoms with E-state index in [2.05, 4.69) is 51.6 Å². The van der Waals surface area contributed by atoms with E-state index in [-0.39, 0.29) is 0 Å². The summed E-state index contributed by atoms with van der Waals surface area (Å²) in [6, 6.07) is 9.26. The van der Waals surface area contributed by atoms with Gasteiger partial charge in [-0.3, -0.25) is 0 Å². The molecule has 2 aliphatic heterocycles. The quantitative estimate of drug-likeness (QED) is 0.766. The summed E-state index contributed by atoms with van der Waals surface area (Å²) in [5, 5.41) is 5.20. The Bertz CT molecular complexity index is 716. The highest BCUT2D eigenvalue weighted by Crippen LogP contribution is 2.31. The molecule has 3 heteroatoms. The number of allylic oxidation sites excluding steroid dienone is 2. The van der Waals surface area contributed by atoms with E-state index in [0.29, 0.717) is 6.04 Å². The number of hydrogen-bond acceptors (Lipinski definition) is 2. The SMILES string of the molecule is C1=C\CCCCN(CCC2NCCc3c2[nH]c2ccccc32)CCCC/1. The topological polar surface area (TPSA) is 31.1 Å². The minimum Gasteiger partial charge on any atom is -0.357 e. The second-order valence-corrected chi connectivity index (χ2v) is 7.91. The Labute approximate surface area is 157 Å². The summed E-state index contributed by atoms with van der Waals surface area (Å²) in [6.45, 7) is 4.84. The normalized spacial score (nSPS) is 24.1. The van der Waals surface area contributed by atoms with E-state index in [0.717, 1.165) is 13.0 Å². The first-order valence-corrected chi connectivity index (χ1v) is 10.6. The van der Waals surface area contributed by atoms with Crippen LogP contribution < -0.4 is 5.32 Å². The van der Waals surface area contributed by atoms with Gasteiger partial charge in [-0.2, -0.15) is 0 Å². The summed E-state index contributed by atoms with van der Waals surface area (Å²) < 4.78 is 0. The number of aromatic amines is 1. The molecule has 0 bridgehead atoms. The number of para-hydroxylation sites is 1. The second-order valence-electron chi connectivity index (χ2n) is 7.91. The van der Waals surface area contributed by atoms with E-state index in [1.54, 1.807) is 5.56 Å². The van der Waals surface area contributed by atoms with Crippen molar-refractivity contribution < 1.29 is 0 Å². The maximum atomic E-state index is 3.77. The first-order valence-electron chi connectivity index (χ1n) is 10.6. The largest absolute Gasteiger partial charge is 0.357 e. The molecule has 26 heavy (non-hydrogen) atoms. The molecule has 1 unspecified atom stereocenters. The molecule has 1 aromatic heterocycles. The van der Waals surface area contributed by atoms with Crippen molar-refractivity contribution in [1.29, 1.82) is 0 Å². The zero-order valence-electron chi connectivity index (χ0n) is 16.0. The van der Waals surface area contributed by atoms with Crippen LogP contribution in [0.15, 0.2) is 36.4 Å². The van der Waals surface area contributed by atoms with Crippen LogP contribution >= 0.6 is 0 Å². The molecule has 1 aromatic carbocycles. The van der Waals surface area contributed by atoms with Gasteiger partial charge in [0.15, 0.2) is 0 Å². The van der Waals surface area contributed by atoms with Crippen LogP contribution in [0.25, 0.3) is 10.9 Å². The molecule has 2 aliphatic rings. The highest BCUT2D eigenvalue weighted by atomic mass is 15.1. The van der Waals surface area contributed by atoms with Gasteiger partial charge in [0.1, 0.15) is 0 Å². The van der Waals surface area contributed by atoms with Gasteiger partial charge in [-0.05, 0) is 89.2 Å². The van der Waals surface area contributed by atoms with E-state index < -0.39 is 0 Å². The van der Waals surface area contributed by atoms with Crippen molar-refractivity contribution in [2.24, 2.45) is 0 Å². The van der Waals surface area contributed by atoms with Crippen molar-refractivity contribution in [2.45, 2.75) is 57.4 Å². The third kappa shape index (κ3) is 4.21. The van der Waals surface area contributed by atoms with Crippen LogP contribution in [0.2, 0.25) is 0 Å². The fraction of sp³-hybridized carbons (Fsp3) is 0.565. The number of rotatable bonds is 3. The lowest BCUT2D eigenvalue weighted by Crippen LogP contribution is -2.34. The summed E-state index contributed by atoms with van der Waals surface area (Å²) in [7, 11) is 0. The van der Waals surface area contributed by atoms with Gasteiger partial charge in [0.05, 0.1) is 0 Å². The number of H-pyrrole nitrogens is 1. The van der Waals surface area contributed by atoms with Crippen molar-refractivity contribution in [2.75, 3.05) is 26.2 Å². The number of nitrogens with one attached hydrogen (secondary N) is 2. The summed E-state index contributed by atoms with van der Waals surface area (Å²) in [5.74, 6) is 0. The van der Waals surface area contributed by atoms with Gasteiger partial charge in [0.25, 0.3) is 0 Å². The summed E-state index contributed by atoms with van der Waals surface area (Å²) in [4.78, 5) is 6.43. The number of benzene rings is 1. The Morgan fingerprint density at radius 1 is 0.962 bits per heavy atom. The minimum atomic E-state index is 0.478. The minimum absolute atomic E-state index is 0.478. The standard InChI is InChI=1S/C23H33N3/c1-2-4-6-10-17-26(16-9-5-3-1)18-14-22-23-20(13-15-24-22)19-11-7-8-12-21(19)25-23/h1-2,7-8,11-12,22,24-25H,3-6,9-10,13-18H2/b2-1-. The van der Waals surface area contributed by atoms with Crippen molar-refractivity contribution in [3.63, 3.8) is 0 Å². The van der Waals surface area contributed by atoms with Crippen molar-refractivity contribution in [3.8, 4) is 0 Å². The van der Waals surface area contributed by atoms with E-state index in [1.165, 1.54) is 81.2 Å². The number of fused-ring (bicyclic) bond motifs is 3. The number of hydrogen-bond donors (Lipinski definition) is 2. The van der Waals surface area contributed by atoms with Crippen LogP contribution in [0, 0.1) is 0 Å². The fourth-order valence-corrected chi connectivity index (χ4v) is 4.59. The Morgan fingerprint density at radius 2 is 1.73 bits per heavy atom. The maximum Gasteiger partial charge on any atom is 0.0488 e. The molecular formula is C23H33N3. The molecule has 3 heterocycles. The smallest absolute Gasteiger partial charge is 0.0488 e. The van der Waals surface area contributed by atoms with Crippen molar-refractivity contribution in [1.82, 2.24) is 15.2 Å². The lowest BCUT2D eigenvalue weighted by Gasteiger charge is -2.28. The fourth-order valence-electron chi connectivity index (χ4n) is 4.59. The molecule has 2 N–H and O–H groups in total. The zero-order chi connectivity index (χ0) is 17.6. The Hall–Kier alpha value is -1.58. The molecular weight excluding hydrogens is 318 g/mol. The molecule has 2 aromatic rings. The predicted octanol–water partition coefficient (Wildman–Crippen LogP) is 4.96. The molecule has 0 amide bonds. The summed E-state index contributed by atoms with van der Waals surface area (Å²) >= 11 is 0. The molecule has 140 valence electrons. The van der Waals surface area contributed by atoms with Crippen molar-refractivity contribution >= 4 is 10.9 Å². The average Bonchev–Trinajstić information content (AvgIpc) is 3.03. The van der Waals surface area contributed by atoms with E-state index in [9.17, 15) is 0 Å². The first kappa shape index (κ1) is 17.8. The van der Waals surface area contributed by atoms with Gasteiger partial charge in [0, 0.05) is 22.6 Å². The number of nitrogens with zero attached hydrogens (tertiary/aromatic N) is 1. The first-order chi connectivity index (χ1) is 12.9. The molecule has 0 spiro atoms.